The molecule has 158 valence electrons. The second kappa shape index (κ2) is 12.6. The second-order valence-electron chi connectivity index (χ2n) is 6.97. The smallest absolute Gasteiger partial charge is 0.124 e. The molecule has 4 heteroatoms. The molecule has 0 spiro atoms. The van der Waals surface area contributed by atoms with Crippen LogP contribution in [0.2, 0.25) is 0 Å². The number of aryl methyl sites for hydroxylation is 1. The lowest BCUT2D eigenvalue weighted by molar-refractivity contribution is 0.110. The van der Waals surface area contributed by atoms with Gasteiger partial charge >= 0.3 is 0 Å². The lowest BCUT2D eigenvalue weighted by Crippen LogP contribution is -2.09. The van der Waals surface area contributed by atoms with Gasteiger partial charge in [-0.25, -0.2) is 0 Å². The maximum absolute atomic E-state index is 5.87. The largest absolute Gasteiger partial charge is 0.494 e. The minimum absolute atomic E-state index is 0.557. The summed E-state index contributed by atoms with van der Waals surface area (Å²) in [7, 11) is 0. The lowest BCUT2D eigenvalue weighted by Gasteiger charge is -2.13. The van der Waals surface area contributed by atoms with Crippen molar-refractivity contribution in [1.29, 1.82) is 0 Å². The third-order valence-electron chi connectivity index (χ3n) is 4.72. The second-order valence-corrected chi connectivity index (χ2v) is 6.97. The third-order valence-corrected chi connectivity index (χ3v) is 4.72. The lowest BCUT2D eigenvalue weighted by atomic mass is 10.1. The summed E-state index contributed by atoms with van der Waals surface area (Å²) in [6.07, 6.45) is 2.04. The molecule has 3 aromatic carbocycles. The van der Waals surface area contributed by atoms with Gasteiger partial charge in [0.1, 0.15) is 18.1 Å². The summed E-state index contributed by atoms with van der Waals surface area (Å²) in [6, 6.07) is 26.7. The van der Waals surface area contributed by atoms with E-state index >= 15 is 0 Å². The van der Waals surface area contributed by atoms with Crippen molar-refractivity contribution in [1.82, 2.24) is 0 Å². The normalized spacial score (nSPS) is 10.6. The highest BCUT2D eigenvalue weighted by atomic mass is 16.5. The van der Waals surface area contributed by atoms with Gasteiger partial charge in [-0.15, -0.1) is 0 Å². The highest BCUT2D eigenvalue weighted by molar-refractivity contribution is 5.48. The molecule has 4 nitrogen and oxygen atoms in total. The molecule has 0 aromatic heterocycles. The molecule has 30 heavy (non-hydrogen) atoms. The van der Waals surface area contributed by atoms with Crippen LogP contribution in [0.5, 0.6) is 11.5 Å². The molecule has 1 N–H and O–H groups in total. The Morgan fingerprint density at radius 1 is 0.733 bits per heavy atom. The molecule has 0 aliphatic heterocycles. The zero-order valence-electron chi connectivity index (χ0n) is 17.7. The monoisotopic (exact) mass is 405 g/mol. The van der Waals surface area contributed by atoms with E-state index < -0.39 is 0 Å². The van der Waals surface area contributed by atoms with E-state index in [1.165, 1.54) is 5.56 Å². The Morgan fingerprint density at radius 3 is 2.30 bits per heavy atom. The number of rotatable bonds is 13. The average Bonchev–Trinajstić information content (AvgIpc) is 2.80. The molecule has 0 amide bonds. The molecule has 0 saturated heterocycles. The maximum atomic E-state index is 5.87. The third kappa shape index (κ3) is 7.45. The zero-order chi connectivity index (χ0) is 20.9. The Labute approximate surface area is 179 Å². The van der Waals surface area contributed by atoms with E-state index in [2.05, 4.69) is 35.6 Å². The Morgan fingerprint density at radius 2 is 1.50 bits per heavy atom. The summed E-state index contributed by atoms with van der Waals surface area (Å²) in [5.74, 6) is 1.79. The van der Waals surface area contributed by atoms with Crippen LogP contribution >= 0.6 is 0 Å². The fourth-order valence-corrected chi connectivity index (χ4v) is 3.12. The molecule has 3 rings (SSSR count). The van der Waals surface area contributed by atoms with Crippen LogP contribution in [0.3, 0.4) is 0 Å². The van der Waals surface area contributed by atoms with E-state index in [1.807, 2.05) is 55.5 Å². The molecule has 0 fully saturated rings. The van der Waals surface area contributed by atoms with E-state index in [1.54, 1.807) is 0 Å². The number of nitrogens with one attached hydrogen (secondary N) is 1. The van der Waals surface area contributed by atoms with Crippen LogP contribution in [0, 0.1) is 0 Å². The molecule has 0 unspecified atom stereocenters. The van der Waals surface area contributed by atoms with Crippen molar-refractivity contribution in [2.75, 3.05) is 31.7 Å². The number of benzene rings is 3. The Kier molecular flexibility index (Phi) is 9.09. The molecule has 0 bridgehead atoms. The number of ether oxygens (including phenoxy) is 3. The molecular weight excluding hydrogens is 374 g/mol. The predicted octanol–water partition coefficient (Wildman–Crippen LogP) is 5.73. The van der Waals surface area contributed by atoms with Gasteiger partial charge in [-0.3, -0.25) is 0 Å². The number of anilines is 1. The standard InChI is InChI=1S/C26H31NO3/c1-2-28-19-20-30-26-13-7-6-12-23(26)21-27-24-14-16-25(17-15-24)29-18-8-11-22-9-4-3-5-10-22/h3-7,9-10,12-17,27H,2,8,11,18-21H2,1H3. The van der Waals surface area contributed by atoms with Crippen molar-refractivity contribution in [3.63, 3.8) is 0 Å². The van der Waals surface area contributed by atoms with Crippen LogP contribution in [0.1, 0.15) is 24.5 Å². The van der Waals surface area contributed by atoms with Crippen molar-refractivity contribution in [3.05, 3.63) is 90.0 Å². The molecular formula is C26H31NO3. The van der Waals surface area contributed by atoms with Crippen LogP contribution < -0.4 is 14.8 Å². The van der Waals surface area contributed by atoms with Gasteiger partial charge in [-0.1, -0.05) is 48.5 Å². The van der Waals surface area contributed by atoms with Gasteiger partial charge in [0.2, 0.25) is 0 Å². The first-order valence-corrected chi connectivity index (χ1v) is 10.6. The van der Waals surface area contributed by atoms with Crippen molar-refractivity contribution in [2.24, 2.45) is 0 Å². The summed E-state index contributed by atoms with van der Waals surface area (Å²) >= 11 is 0. The predicted molar refractivity (Wildman–Crippen MR) is 122 cm³/mol. The summed E-state index contributed by atoms with van der Waals surface area (Å²) in [6.45, 7) is 5.26. The van der Waals surface area contributed by atoms with E-state index in [-0.39, 0.29) is 0 Å². The average molecular weight is 406 g/mol. The Hall–Kier alpha value is -2.98. The zero-order valence-corrected chi connectivity index (χ0v) is 17.7. The van der Waals surface area contributed by atoms with Crippen molar-refractivity contribution < 1.29 is 14.2 Å². The molecule has 0 aliphatic carbocycles. The quantitative estimate of drug-likeness (QED) is 0.369. The van der Waals surface area contributed by atoms with Gasteiger partial charge in [-0.05, 0) is 55.7 Å². The Balaban J connectivity index is 1.41. The molecule has 3 aromatic rings. The van der Waals surface area contributed by atoms with Gasteiger partial charge in [0.25, 0.3) is 0 Å². The molecule has 0 saturated carbocycles. The van der Waals surface area contributed by atoms with E-state index in [4.69, 9.17) is 14.2 Å². The highest BCUT2D eigenvalue weighted by Gasteiger charge is 2.03. The van der Waals surface area contributed by atoms with E-state index in [0.717, 1.165) is 35.6 Å². The van der Waals surface area contributed by atoms with Gasteiger partial charge in [0, 0.05) is 24.4 Å². The number of hydrogen-bond donors (Lipinski definition) is 1. The number of para-hydroxylation sites is 1. The van der Waals surface area contributed by atoms with Crippen LogP contribution in [0.15, 0.2) is 78.9 Å². The molecule has 0 radical (unpaired) electrons. The van der Waals surface area contributed by atoms with Crippen molar-refractivity contribution in [2.45, 2.75) is 26.3 Å². The maximum Gasteiger partial charge on any atom is 0.124 e. The first kappa shape index (κ1) is 21.7. The van der Waals surface area contributed by atoms with Crippen LogP contribution in [-0.4, -0.2) is 26.4 Å². The first-order valence-electron chi connectivity index (χ1n) is 10.6. The van der Waals surface area contributed by atoms with Gasteiger partial charge in [0.15, 0.2) is 0 Å². The van der Waals surface area contributed by atoms with Crippen molar-refractivity contribution >= 4 is 5.69 Å². The molecule has 0 aliphatic rings. The summed E-state index contributed by atoms with van der Waals surface area (Å²) < 4.78 is 17.1. The van der Waals surface area contributed by atoms with Crippen LogP contribution in [-0.2, 0) is 17.7 Å². The molecule has 0 heterocycles. The van der Waals surface area contributed by atoms with E-state index in [9.17, 15) is 0 Å². The summed E-state index contributed by atoms with van der Waals surface area (Å²) in [4.78, 5) is 0. The van der Waals surface area contributed by atoms with Gasteiger partial charge < -0.3 is 19.5 Å². The minimum Gasteiger partial charge on any atom is -0.494 e. The number of hydrogen-bond acceptors (Lipinski definition) is 4. The SMILES string of the molecule is CCOCCOc1ccccc1CNc1ccc(OCCCc2ccccc2)cc1. The minimum atomic E-state index is 0.557. The summed E-state index contributed by atoms with van der Waals surface area (Å²) in [5.41, 5.74) is 3.52. The van der Waals surface area contributed by atoms with E-state index in [0.29, 0.717) is 33.0 Å². The first-order chi connectivity index (χ1) is 14.8. The van der Waals surface area contributed by atoms with Gasteiger partial charge in [0.05, 0.1) is 13.2 Å². The van der Waals surface area contributed by atoms with Crippen molar-refractivity contribution in [3.8, 4) is 11.5 Å². The van der Waals surface area contributed by atoms with Gasteiger partial charge in [-0.2, -0.15) is 0 Å². The Bertz CT molecular complexity index is 850. The highest BCUT2D eigenvalue weighted by Crippen LogP contribution is 2.21. The molecule has 0 atom stereocenters. The van der Waals surface area contributed by atoms with Crippen LogP contribution in [0.25, 0.3) is 0 Å². The topological polar surface area (TPSA) is 39.7 Å². The fraction of sp³-hybridized carbons (Fsp3) is 0.308. The summed E-state index contributed by atoms with van der Waals surface area (Å²) in [5, 5.41) is 3.45. The fourth-order valence-electron chi connectivity index (χ4n) is 3.12. The van der Waals surface area contributed by atoms with Crippen LogP contribution in [0.4, 0.5) is 5.69 Å².